The van der Waals surface area contributed by atoms with E-state index in [1.54, 1.807) is 18.5 Å². The molecule has 27 heavy (non-hydrogen) atoms. The van der Waals surface area contributed by atoms with Gasteiger partial charge in [-0.1, -0.05) is 18.6 Å². The van der Waals surface area contributed by atoms with E-state index in [9.17, 15) is 4.79 Å². The topological polar surface area (TPSA) is 54.5 Å². The second-order valence-corrected chi connectivity index (χ2v) is 8.41. The number of aromatic nitrogens is 1. The Hall–Kier alpha value is -1.72. The Kier molecular flexibility index (Phi) is 5.33. The molecule has 2 bridgehead atoms. The Labute approximate surface area is 162 Å². The number of allylic oxidation sites excluding steroid dienone is 1. The predicted molar refractivity (Wildman–Crippen MR) is 105 cm³/mol. The van der Waals surface area contributed by atoms with E-state index in [4.69, 9.17) is 4.74 Å². The fourth-order valence-corrected chi connectivity index (χ4v) is 5.18. The van der Waals surface area contributed by atoms with Crippen LogP contribution in [0, 0.1) is 11.8 Å². The van der Waals surface area contributed by atoms with E-state index in [1.165, 1.54) is 12.0 Å². The summed E-state index contributed by atoms with van der Waals surface area (Å²) >= 11 is 0. The SMILES string of the molecule is CCC(C)=CCCN1C[C@@H]2[C@H](CNC(=O)c3cccnc3)[C@H]3CC[C@]2(C1)O3. The minimum Gasteiger partial charge on any atom is -0.370 e. The maximum atomic E-state index is 12.4. The van der Waals surface area contributed by atoms with E-state index in [-0.39, 0.29) is 11.5 Å². The number of carbonyl (C=O) groups is 1. The van der Waals surface area contributed by atoms with Gasteiger partial charge in [0.15, 0.2) is 0 Å². The number of nitrogens with one attached hydrogen (secondary N) is 1. The van der Waals surface area contributed by atoms with Crippen LogP contribution in [-0.2, 0) is 4.74 Å². The molecule has 4 rings (SSSR count). The molecule has 1 amide bonds. The highest BCUT2D eigenvalue weighted by molar-refractivity contribution is 5.93. The molecule has 5 heteroatoms. The van der Waals surface area contributed by atoms with Crippen LogP contribution in [0.4, 0.5) is 0 Å². The molecule has 3 aliphatic heterocycles. The molecule has 1 aromatic rings. The zero-order valence-corrected chi connectivity index (χ0v) is 16.5. The molecule has 3 fully saturated rings. The minimum absolute atomic E-state index is 0.0324. The summed E-state index contributed by atoms with van der Waals surface area (Å²) in [4.78, 5) is 19.0. The van der Waals surface area contributed by atoms with Crippen LogP contribution in [0.5, 0.6) is 0 Å². The number of fused-ring (bicyclic) bond motifs is 1. The third kappa shape index (κ3) is 3.67. The maximum Gasteiger partial charge on any atom is 0.252 e. The van der Waals surface area contributed by atoms with Gasteiger partial charge in [0.1, 0.15) is 0 Å². The maximum absolute atomic E-state index is 12.4. The highest BCUT2D eigenvalue weighted by Crippen LogP contribution is 2.54. The molecule has 0 saturated carbocycles. The molecular weight excluding hydrogens is 338 g/mol. The first-order valence-electron chi connectivity index (χ1n) is 10.4. The Morgan fingerprint density at radius 2 is 2.41 bits per heavy atom. The van der Waals surface area contributed by atoms with Crippen molar-refractivity contribution in [2.24, 2.45) is 11.8 Å². The molecule has 0 aliphatic carbocycles. The molecule has 0 unspecified atom stereocenters. The second-order valence-electron chi connectivity index (χ2n) is 8.41. The minimum atomic E-state index is -0.0324. The first-order valence-corrected chi connectivity index (χ1v) is 10.4. The third-order valence-electron chi connectivity index (χ3n) is 6.77. The molecule has 0 radical (unpaired) electrons. The van der Waals surface area contributed by atoms with Crippen molar-refractivity contribution in [3.63, 3.8) is 0 Å². The Morgan fingerprint density at radius 3 is 3.19 bits per heavy atom. The number of likely N-dealkylation sites (tertiary alicyclic amines) is 1. The van der Waals surface area contributed by atoms with E-state index in [0.717, 1.165) is 38.9 Å². The van der Waals surface area contributed by atoms with E-state index in [0.29, 0.717) is 30.0 Å². The molecule has 3 saturated heterocycles. The third-order valence-corrected chi connectivity index (χ3v) is 6.77. The van der Waals surface area contributed by atoms with Gasteiger partial charge in [0.05, 0.1) is 17.3 Å². The van der Waals surface area contributed by atoms with Crippen LogP contribution in [-0.4, -0.2) is 53.7 Å². The Balaban J connectivity index is 1.35. The first-order chi connectivity index (χ1) is 13.1. The number of rotatable bonds is 7. The molecule has 0 aromatic carbocycles. The molecule has 1 N–H and O–H groups in total. The summed E-state index contributed by atoms with van der Waals surface area (Å²) in [5, 5.41) is 3.13. The largest absolute Gasteiger partial charge is 0.370 e. The van der Waals surface area contributed by atoms with Gasteiger partial charge in [0.2, 0.25) is 0 Å². The summed E-state index contributed by atoms with van der Waals surface area (Å²) in [5.74, 6) is 0.939. The van der Waals surface area contributed by atoms with Crippen LogP contribution in [0.3, 0.4) is 0 Å². The molecule has 146 valence electrons. The van der Waals surface area contributed by atoms with Crippen LogP contribution in [0.25, 0.3) is 0 Å². The molecule has 3 aliphatic rings. The van der Waals surface area contributed by atoms with Crippen molar-refractivity contribution in [3.8, 4) is 0 Å². The van der Waals surface area contributed by atoms with Crippen molar-refractivity contribution in [2.45, 2.75) is 51.2 Å². The van der Waals surface area contributed by atoms with Gasteiger partial charge in [-0.25, -0.2) is 0 Å². The fraction of sp³-hybridized carbons (Fsp3) is 0.636. The number of hydrogen-bond donors (Lipinski definition) is 1. The standard InChI is InChI=1S/C22H31N3O2/c1-3-16(2)6-5-11-25-14-19-18(20-8-9-22(19,15-25)27-20)13-24-21(26)17-7-4-10-23-12-17/h4,6-7,10,12,18-20H,3,5,8-9,11,13-15H2,1-2H3,(H,24,26)/t18-,19+,20+,22+/m0/s1. The summed E-state index contributed by atoms with van der Waals surface area (Å²) < 4.78 is 6.49. The molecule has 1 aromatic heterocycles. The summed E-state index contributed by atoms with van der Waals surface area (Å²) in [6, 6.07) is 3.61. The molecule has 4 heterocycles. The van der Waals surface area contributed by atoms with Crippen molar-refractivity contribution in [1.29, 1.82) is 0 Å². The van der Waals surface area contributed by atoms with Crippen molar-refractivity contribution >= 4 is 5.91 Å². The molecule has 5 nitrogen and oxygen atoms in total. The predicted octanol–water partition coefficient (Wildman–Crippen LogP) is 3.04. The van der Waals surface area contributed by atoms with Crippen LogP contribution < -0.4 is 5.32 Å². The van der Waals surface area contributed by atoms with Crippen LogP contribution >= 0.6 is 0 Å². The summed E-state index contributed by atoms with van der Waals surface area (Å²) in [7, 11) is 0. The van der Waals surface area contributed by atoms with Crippen molar-refractivity contribution in [2.75, 3.05) is 26.2 Å². The summed E-state index contributed by atoms with van der Waals surface area (Å²) in [6.45, 7) is 8.39. The monoisotopic (exact) mass is 369 g/mol. The van der Waals surface area contributed by atoms with Crippen molar-refractivity contribution in [1.82, 2.24) is 15.2 Å². The van der Waals surface area contributed by atoms with Gasteiger partial charge >= 0.3 is 0 Å². The Morgan fingerprint density at radius 1 is 1.52 bits per heavy atom. The number of hydrogen-bond acceptors (Lipinski definition) is 4. The van der Waals surface area contributed by atoms with Gasteiger partial charge in [-0.3, -0.25) is 14.7 Å². The number of carbonyl (C=O) groups excluding carboxylic acids is 1. The summed E-state index contributed by atoms with van der Waals surface area (Å²) in [6.07, 6.45) is 10.6. The van der Waals surface area contributed by atoms with Gasteiger partial charge < -0.3 is 10.1 Å². The lowest BCUT2D eigenvalue weighted by Crippen LogP contribution is -2.41. The lowest BCUT2D eigenvalue weighted by molar-refractivity contribution is 0.00290. The van der Waals surface area contributed by atoms with Crippen LogP contribution in [0.15, 0.2) is 36.2 Å². The summed E-state index contributed by atoms with van der Waals surface area (Å²) in [5.41, 5.74) is 2.14. The number of amides is 1. The van der Waals surface area contributed by atoms with Gasteiger partial charge in [-0.2, -0.15) is 0 Å². The smallest absolute Gasteiger partial charge is 0.252 e. The lowest BCUT2D eigenvalue weighted by Gasteiger charge is -2.29. The lowest BCUT2D eigenvalue weighted by atomic mass is 9.73. The normalized spacial score (nSPS) is 32.7. The van der Waals surface area contributed by atoms with E-state index >= 15 is 0 Å². The van der Waals surface area contributed by atoms with Gasteiger partial charge in [-0.05, 0) is 44.7 Å². The van der Waals surface area contributed by atoms with Crippen molar-refractivity contribution < 1.29 is 9.53 Å². The van der Waals surface area contributed by atoms with Crippen LogP contribution in [0.2, 0.25) is 0 Å². The average molecular weight is 370 g/mol. The van der Waals surface area contributed by atoms with E-state index in [1.807, 2.05) is 6.07 Å². The molecule has 1 spiro atoms. The number of pyridine rings is 1. The number of nitrogens with zero attached hydrogens (tertiary/aromatic N) is 2. The Bertz CT molecular complexity index is 705. The van der Waals surface area contributed by atoms with Gasteiger partial charge in [-0.15, -0.1) is 0 Å². The van der Waals surface area contributed by atoms with Crippen molar-refractivity contribution in [3.05, 3.63) is 41.7 Å². The van der Waals surface area contributed by atoms with E-state index in [2.05, 4.69) is 35.1 Å². The highest BCUT2D eigenvalue weighted by Gasteiger charge is 2.62. The van der Waals surface area contributed by atoms with Crippen LogP contribution in [0.1, 0.15) is 49.9 Å². The quantitative estimate of drug-likeness (QED) is 0.751. The highest BCUT2D eigenvalue weighted by atomic mass is 16.5. The zero-order valence-electron chi connectivity index (χ0n) is 16.5. The van der Waals surface area contributed by atoms with Gasteiger partial charge in [0, 0.05) is 50.4 Å². The molecule has 4 atom stereocenters. The molecular formula is C22H31N3O2. The average Bonchev–Trinajstić information content (AvgIpc) is 3.34. The zero-order chi connectivity index (χ0) is 18.9. The number of ether oxygens (including phenoxy) is 1. The van der Waals surface area contributed by atoms with E-state index < -0.39 is 0 Å². The second kappa shape index (κ2) is 7.72. The first kappa shape index (κ1) is 18.6. The fourth-order valence-electron chi connectivity index (χ4n) is 5.18. The van der Waals surface area contributed by atoms with Gasteiger partial charge in [0.25, 0.3) is 5.91 Å².